The maximum Gasteiger partial charge on any atom is 0.123 e. The summed E-state index contributed by atoms with van der Waals surface area (Å²) in [4.78, 5) is 0. The Labute approximate surface area is 106 Å². The molecule has 0 amide bonds. The van der Waals surface area contributed by atoms with Gasteiger partial charge in [-0.25, -0.2) is 4.39 Å². The van der Waals surface area contributed by atoms with Gasteiger partial charge < -0.3 is 0 Å². The molecule has 4 heteroatoms. The van der Waals surface area contributed by atoms with E-state index in [1.54, 1.807) is 28.9 Å². The highest BCUT2D eigenvalue weighted by Gasteiger charge is 1.98. The van der Waals surface area contributed by atoms with Crippen molar-refractivity contribution < 1.29 is 8.60 Å². The summed E-state index contributed by atoms with van der Waals surface area (Å²) in [5.74, 6) is 0.148. The van der Waals surface area contributed by atoms with E-state index in [1.165, 1.54) is 12.1 Å². The molecular weight excluding hydrogens is 255 g/mol. The van der Waals surface area contributed by atoms with E-state index in [9.17, 15) is 8.60 Å². The fourth-order valence-electron chi connectivity index (χ4n) is 1.32. The molecule has 0 saturated heterocycles. The third kappa shape index (κ3) is 3.91. The standard InChI is InChI=1S/C13H11FOS2/c14-13-3-1-12(2-4-13)10-17(15)8-6-11-5-7-16-9-11/h1-9H,10H2. The van der Waals surface area contributed by atoms with Crippen LogP contribution in [0.3, 0.4) is 0 Å². The maximum atomic E-state index is 12.7. The molecule has 2 rings (SSSR count). The molecule has 1 unspecified atom stereocenters. The van der Waals surface area contributed by atoms with Crippen LogP contribution in [0.4, 0.5) is 4.39 Å². The molecular formula is C13H11FOS2. The number of rotatable bonds is 4. The average Bonchev–Trinajstić information content (AvgIpc) is 2.83. The third-order valence-electron chi connectivity index (χ3n) is 2.18. The molecule has 0 fully saturated rings. The van der Waals surface area contributed by atoms with Gasteiger partial charge in [0.2, 0.25) is 0 Å². The van der Waals surface area contributed by atoms with E-state index in [0.717, 1.165) is 11.1 Å². The lowest BCUT2D eigenvalue weighted by atomic mass is 10.2. The topological polar surface area (TPSA) is 17.1 Å². The van der Waals surface area contributed by atoms with Gasteiger partial charge in [-0.2, -0.15) is 11.3 Å². The van der Waals surface area contributed by atoms with Gasteiger partial charge in [0.15, 0.2) is 0 Å². The normalized spacial score (nSPS) is 13.0. The molecule has 0 bridgehead atoms. The van der Waals surface area contributed by atoms with Crippen LogP contribution in [0.2, 0.25) is 0 Å². The Morgan fingerprint density at radius 3 is 2.65 bits per heavy atom. The van der Waals surface area contributed by atoms with Crippen LogP contribution in [-0.4, -0.2) is 4.21 Å². The van der Waals surface area contributed by atoms with Crippen molar-refractivity contribution in [3.63, 3.8) is 0 Å². The number of hydrogen-bond donors (Lipinski definition) is 0. The minimum absolute atomic E-state index is 0.270. The lowest BCUT2D eigenvalue weighted by molar-refractivity contribution is 0.627. The van der Waals surface area contributed by atoms with Gasteiger partial charge in [0, 0.05) is 5.41 Å². The molecule has 0 aliphatic carbocycles. The fraction of sp³-hybridized carbons (Fsp3) is 0.0769. The molecule has 0 aliphatic rings. The van der Waals surface area contributed by atoms with Crippen LogP contribution < -0.4 is 0 Å². The summed E-state index contributed by atoms with van der Waals surface area (Å²) in [6, 6.07) is 8.05. The Hall–Kier alpha value is -1.26. The summed E-state index contributed by atoms with van der Waals surface area (Å²) in [7, 11) is -1.06. The van der Waals surface area contributed by atoms with Crippen molar-refractivity contribution in [3.8, 4) is 0 Å². The zero-order chi connectivity index (χ0) is 12.1. The van der Waals surface area contributed by atoms with E-state index in [2.05, 4.69) is 0 Å². The number of halogens is 1. The Kier molecular flexibility index (Phi) is 4.23. The van der Waals surface area contributed by atoms with Crippen LogP contribution in [-0.2, 0) is 16.6 Å². The van der Waals surface area contributed by atoms with Gasteiger partial charge in [-0.15, -0.1) is 0 Å². The van der Waals surface area contributed by atoms with E-state index in [0.29, 0.717) is 5.75 Å². The second-order valence-corrected chi connectivity index (χ2v) is 5.61. The molecule has 0 radical (unpaired) electrons. The summed E-state index contributed by atoms with van der Waals surface area (Å²) in [5, 5.41) is 5.64. The van der Waals surface area contributed by atoms with Crippen molar-refractivity contribution >= 4 is 28.2 Å². The molecule has 1 aromatic heterocycles. The summed E-state index contributed by atoms with van der Waals surface area (Å²) in [6.45, 7) is 0. The predicted octanol–water partition coefficient (Wildman–Crippen LogP) is 3.81. The van der Waals surface area contributed by atoms with E-state index >= 15 is 0 Å². The summed E-state index contributed by atoms with van der Waals surface area (Å²) < 4.78 is 24.4. The summed E-state index contributed by atoms with van der Waals surface area (Å²) in [5.41, 5.74) is 1.93. The van der Waals surface area contributed by atoms with Gasteiger partial charge in [0.1, 0.15) is 5.82 Å². The first-order valence-electron chi connectivity index (χ1n) is 5.06. The van der Waals surface area contributed by atoms with Crippen molar-refractivity contribution in [1.82, 2.24) is 0 Å². The first-order valence-corrected chi connectivity index (χ1v) is 7.38. The summed E-state index contributed by atoms with van der Waals surface area (Å²) >= 11 is 1.60. The fourth-order valence-corrected chi connectivity index (χ4v) is 2.87. The molecule has 2 aromatic rings. The van der Waals surface area contributed by atoms with E-state index in [1.807, 2.05) is 22.9 Å². The molecule has 0 saturated carbocycles. The van der Waals surface area contributed by atoms with Gasteiger partial charge >= 0.3 is 0 Å². The quantitative estimate of drug-likeness (QED) is 0.822. The molecule has 17 heavy (non-hydrogen) atoms. The molecule has 1 atom stereocenters. The van der Waals surface area contributed by atoms with Crippen LogP contribution in [0.25, 0.3) is 6.08 Å². The maximum absolute atomic E-state index is 12.7. The molecule has 88 valence electrons. The third-order valence-corrected chi connectivity index (χ3v) is 3.94. The van der Waals surface area contributed by atoms with E-state index in [4.69, 9.17) is 0 Å². The minimum Gasteiger partial charge on any atom is -0.255 e. The van der Waals surface area contributed by atoms with E-state index < -0.39 is 10.8 Å². The predicted molar refractivity (Wildman–Crippen MR) is 71.6 cm³/mol. The second kappa shape index (κ2) is 5.89. The lowest BCUT2D eigenvalue weighted by Crippen LogP contribution is -1.91. The highest BCUT2D eigenvalue weighted by Crippen LogP contribution is 2.10. The summed E-state index contributed by atoms with van der Waals surface area (Å²) in [6.07, 6.45) is 1.84. The average molecular weight is 266 g/mol. The van der Waals surface area contributed by atoms with Crippen LogP contribution in [0.15, 0.2) is 46.5 Å². The molecule has 1 heterocycles. The van der Waals surface area contributed by atoms with Crippen LogP contribution in [0, 0.1) is 5.82 Å². The van der Waals surface area contributed by atoms with Crippen LogP contribution in [0.1, 0.15) is 11.1 Å². The monoisotopic (exact) mass is 266 g/mol. The highest BCUT2D eigenvalue weighted by molar-refractivity contribution is 7.87. The SMILES string of the molecule is O=S(C=Cc1ccsc1)Cc1ccc(F)cc1. The molecule has 0 spiro atoms. The van der Waals surface area contributed by atoms with Crippen LogP contribution >= 0.6 is 11.3 Å². The number of thiophene rings is 1. The van der Waals surface area contributed by atoms with Crippen molar-refractivity contribution in [2.24, 2.45) is 0 Å². The largest absolute Gasteiger partial charge is 0.255 e. The van der Waals surface area contributed by atoms with E-state index in [-0.39, 0.29) is 5.82 Å². The number of benzene rings is 1. The van der Waals surface area contributed by atoms with Gasteiger partial charge in [-0.1, -0.05) is 12.1 Å². The Morgan fingerprint density at radius 1 is 1.24 bits per heavy atom. The highest BCUT2D eigenvalue weighted by atomic mass is 32.2. The second-order valence-electron chi connectivity index (χ2n) is 3.51. The van der Waals surface area contributed by atoms with Gasteiger partial charge in [0.05, 0.1) is 16.6 Å². The van der Waals surface area contributed by atoms with Gasteiger partial charge in [-0.3, -0.25) is 4.21 Å². The lowest BCUT2D eigenvalue weighted by Gasteiger charge is -1.97. The van der Waals surface area contributed by atoms with Crippen molar-refractivity contribution in [2.45, 2.75) is 5.75 Å². The first-order chi connectivity index (χ1) is 8.24. The smallest absolute Gasteiger partial charge is 0.123 e. The van der Waals surface area contributed by atoms with Gasteiger partial charge in [0.25, 0.3) is 0 Å². The van der Waals surface area contributed by atoms with Crippen molar-refractivity contribution in [1.29, 1.82) is 0 Å². The zero-order valence-corrected chi connectivity index (χ0v) is 10.6. The molecule has 0 aliphatic heterocycles. The van der Waals surface area contributed by atoms with Gasteiger partial charge in [-0.05, 0) is 46.2 Å². The van der Waals surface area contributed by atoms with Crippen molar-refractivity contribution in [3.05, 3.63) is 63.4 Å². The molecule has 1 aromatic carbocycles. The Balaban J connectivity index is 1.95. The van der Waals surface area contributed by atoms with Crippen molar-refractivity contribution in [2.75, 3.05) is 0 Å². The molecule has 0 N–H and O–H groups in total. The zero-order valence-electron chi connectivity index (χ0n) is 9.01. The van der Waals surface area contributed by atoms with Crippen LogP contribution in [0.5, 0.6) is 0 Å². The Morgan fingerprint density at radius 2 is 2.00 bits per heavy atom. The Bertz CT molecular complexity index is 515. The number of hydrogen-bond acceptors (Lipinski definition) is 2. The first kappa shape index (κ1) is 12.2. The molecule has 1 nitrogen and oxygen atoms in total. The minimum atomic E-state index is -1.06.